The van der Waals surface area contributed by atoms with E-state index in [2.05, 4.69) is 0 Å². The molecule has 3 N–H and O–H groups in total. The van der Waals surface area contributed by atoms with Crippen molar-refractivity contribution in [3.63, 3.8) is 0 Å². The van der Waals surface area contributed by atoms with Crippen LogP contribution in [0.1, 0.15) is 31.2 Å². The molecule has 0 heterocycles. The highest BCUT2D eigenvalue weighted by Crippen LogP contribution is 2.43. The van der Waals surface area contributed by atoms with Gasteiger partial charge in [-0.15, -0.1) is 0 Å². The molecule has 0 aliphatic heterocycles. The van der Waals surface area contributed by atoms with Crippen molar-refractivity contribution in [2.75, 3.05) is 6.54 Å². The van der Waals surface area contributed by atoms with Gasteiger partial charge in [-0.1, -0.05) is 18.6 Å². The van der Waals surface area contributed by atoms with Crippen LogP contribution in [0.15, 0.2) is 24.3 Å². The molecule has 2 rings (SSSR count). The molecule has 1 aliphatic carbocycles. The molecule has 3 heteroatoms. The molecular formula is C14H19NO2. The van der Waals surface area contributed by atoms with E-state index >= 15 is 0 Å². The number of phenolic OH excluding ortho intramolecular Hbond substituents is 1. The van der Waals surface area contributed by atoms with Gasteiger partial charge in [0.1, 0.15) is 11.5 Å². The first kappa shape index (κ1) is 12.1. The first-order valence-corrected chi connectivity index (χ1v) is 6.13. The monoisotopic (exact) mass is 233 g/mol. The van der Waals surface area contributed by atoms with E-state index in [1.54, 1.807) is 24.3 Å². The van der Waals surface area contributed by atoms with Crippen molar-refractivity contribution in [1.82, 2.24) is 0 Å². The Bertz CT molecular complexity index is 388. The Labute approximate surface area is 102 Å². The molecular weight excluding hydrogens is 214 g/mol. The van der Waals surface area contributed by atoms with Gasteiger partial charge in [0.25, 0.3) is 0 Å². The van der Waals surface area contributed by atoms with Gasteiger partial charge in [-0.3, -0.25) is 4.79 Å². The van der Waals surface area contributed by atoms with E-state index in [1.165, 1.54) is 6.42 Å². The van der Waals surface area contributed by atoms with Gasteiger partial charge in [0.2, 0.25) is 0 Å². The first-order chi connectivity index (χ1) is 8.13. The van der Waals surface area contributed by atoms with E-state index in [0.717, 1.165) is 18.4 Å². The molecule has 0 unspecified atom stereocenters. The van der Waals surface area contributed by atoms with E-state index in [0.29, 0.717) is 19.4 Å². The second kappa shape index (κ2) is 4.88. The SMILES string of the molecule is NCC1(CC(=O)Cc2ccc(O)cc2)CCC1. The summed E-state index contributed by atoms with van der Waals surface area (Å²) in [4.78, 5) is 11.9. The summed E-state index contributed by atoms with van der Waals surface area (Å²) in [6, 6.07) is 6.82. The Morgan fingerprint density at radius 3 is 2.41 bits per heavy atom. The molecule has 17 heavy (non-hydrogen) atoms. The summed E-state index contributed by atoms with van der Waals surface area (Å²) < 4.78 is 0. The third kappa shape index (κ3) is 2.86. The molecule has 1 aromatic rings. The van der Waals surface area contributed by atoms with Crippen molar-refractivity contribution < 1.29 is 9.90 Å². The van der Waals surface area contributed by atoms with Crippen molar-refractivity contribution >= 4 is 5.78 Å². The maximum atomic E-state index is 11.9. The number of rotatable bonds is 5. The van der Waals surface area contributed by atoms with Crippen molar-refractivity contribution in [3.05, 3.63) is 29.8 Å². The molecule has 0 saturated heterocycles. The fraction of sp³-hybridized carbons (Fsp3) is 0.500. The number of hydrogen-bond donors (Lipinski definition) is 2. The summed E-state index contributed by atoms with van der Waals surface area (Å²) in [6.07, 6.45) is 4.42. The van der Waals surface area contributed by atoms with Crippen LogP contribution in [0, 0.1) is 5.41 Å². The van der Waals surface area contributed by atoms with E-state index in [1.807, 2.05) is 0 Å². The van der Waals surface area contributed by atoms with Crippen LogP contribution < -0.4 is 5.73 Å². The van der Waals surface area contributed by atoms with E-state index in [4.69, 9.17) is 10.8 Å². The topological polar surface area (TPSA) is 63.3 Å². The van der Waals surface area contributed by atoms with E-state index in [9.17, 15) is 4.79 Å². The molecule has 92 valence electrons. The number of carbonyl (C=O) groups excluding carboxylic acids is 1. The lowest BCUT2D eigenvalue weighted by atomic mass is 9.65. The highest BCUT2D eigenvalue weighted by atomic mass is 16.3. The maximum Gasteiger partial charge on any atom is 0.137 e. The molecule has 3 nitrogen and oxygen atoms in total. The van der Waals surface area contributed by atoms with Crippen molar-refractivity contribution in [1.29, 1.82) is 0 Å². The van der Waals surface area contributed by atoms with Gasteiger partial charge in [-0.05, 0) is 42.5 Å². The summed E-state index contributed by atoms with van der Waals surface area (Å²) in [6.45, 7) is 0.619. The van der Waals surface area contributed by atoms with Gasteiger partial charge in [0, 0.05) is 12.8 Å². The zero-order valence-electron chi connectivity index (χ0n) is 9.98. The molecule has 0 amide bonds. The summed E-state index contributed by atoms with van der Waals surface area (Å²) in [7, 11) is 0. The summed E-state index contributed by atoms with van der Waals surface area (Å²) >= 11 is 0. The van der Waals surface area contributed by atoms with Gasteiger partial charge in [-0.25, -0.2) is 0 Å². The predicted molar refractivity (Wildman–Crippen MR) is 66.8 cm³/mol. The van der Waals surface area contributed by atoms with E-state index in [-0.39, 0.29) is 16.9 Å². The Kier molecular flexibility index (Phi) is 3.48. The van der Waals surface area contributed by atoms with Gasteiger partial charge in [0.05, 0.1) is 0 Å². The number of phenols is 1. The Morgan fingerprint density at radius 1 is 1.29 bits per heavy atom. The number of carbonyl (C=O) groups is 1. The average Bonchev–Trinajstić information content (AvgIpc) is 2.27. The largest absolute Gasteiger partial charge is 0.508 e. The third-order valence-electron chi connectivity index (χ3n) is 3.76. The number of nitrogens with two attached hydrogens (primary N) is 1. The Balaban J connectivity index is 1.91. The average molecular weight is 233 g/mol. The zero-order valence-corrected chi connectivity index (χ0v) is 9.98. The van der Waals surface area contributed by atoms with Crippen molar-refractivity contribution in [2.24, 2.45) is 11.1 Å². The van der Waals surface area contributed by atoms with Crippen LogP contribution in [0.2, 0.25) is 0 Å². The molecule has 0 radical (unpaired) electrons. The van der Waals surface area contributed by atoms with E-state index < -0.39 is 0 Å². The normalized spacial score (nSPS) is 17.5. The quantitative estimate of drug-likeness (QED) is 0.817. The van der Waals surface area contributed by atoms with Gasteiger partial charge >= 0.3 is 0 Å². The number of hydrogen-bond acceptors (Lipinski definition) is 3. The van der Waals surface area contributed by atoms with Crippen molar-refractivity contribution in [3.8, 4) is 5.75 Å². The fourth-order valence-corrected chi connectivity index (χ4v) is 2.45. The Hall–Kier alpha value is -1.35. The van der Waals surface area contributed by atoms with Crippen LogP contribution >= 0.6 is 0 Å². The van der Waals surface area contributed by atoms with Gasteiger partial charge in [-0.2, -0.15) is 0 Å². The van der Waals surface area contributed by atoms with Gasteiger partial charge < -0.3 is 10.8 Å². The molecule has 1 fully saturated rings. The highest BCUT2D eigenvalue weighted by Gasteiger charge is 2.37. The predicted octanol–water partition coefficient (Wildman–Crippen LogP) is 2.02. The number of ketones is 1. The molecule has 0 bridgehead atoms. The molecule has 1 aromatic carbocycles. The molecule has 1 aliphatic rings. The van der Waals surface area contributed by atoms with Crippen LogP contribution in [0.25, 0.3) is 0 Å². The van der Waals surface area contributed by atoms with Crippen LogP contribution in [-0.2, 0) is 11.2 Å². The highest BCUT2D eigenvalue weighted by molar-refractivity contribution is 5.81. The van der Waals surface area contributed by atoms with Crippen LogP contribution in [0.4, 0.5) is 0 Å². The van der Waals surface area contributed by atoms with Crippen LogP contribution in [-0.4, -0.2) is 17.4 Å². The maximum absolute atomic E-state index is 11.9. The number of aromatic hydroxyl groups is 1. The standard InChI is InChI=1S/C14H19NO2/c15-10-14(6-1-7-14)9-13(17)8-11-2-4-12(16)5-3-11/h2-5,16H,1,6-10,15H2. The molecule has 0 atom stereocenters. The summed E-state index contributed by atoms with van der Waals surface area (Å²) in [5, 5.41) is 9.16. The third-order valence-corrected chi connectivity index (χ3v) is 3.76. The first-order valence-electron chi connectivity index (χ1n) is 6.13. The molecule has 0 spiro atoms. The summed E-state index contributed by atoms with van der Waals surface area (Å²) in [5.41, 5.74) is 6.79. The van der Waals surface area contributed by atoms with Crippen LogP contribution in [0.3, 0.4) is 0 Å². The minimum atomic E-state index is 0.0913. The second-order valence-corrected chi connectivity index (χ2v) is 5.12. The Morgan fingerprint density at radius 2 is 1.94 bits per heavy atom. The smallest absolute Gasteiger partial charge is 0.137 e. The number of Topliss-reactive ketones (excluding diaryl/α,β-unsaturated/α-hetero) is 1. The van der Waals surface area contributed by atoms with Crippen LogP contribution in [0.5, 0.6) is 5.75 Å². The van der Waals surface area contributed by atoms with Crippen molar-refractivity contribution in [2.45, 2.75) is 32.1 Å². The zero-order chi connectivity index (χ0) is 12.3. The van der Waals surface area contributed by atoms with Gasteiger partial charge in [0.15, 0.2) is 0 Å². The second-order valence-electron chi connectivity index (χ2n) is 5.12. The minimum absolute atomic E-state index is 0.0913. The molecule has 1 saturated carbocycles. The fourth-order valence-electron chi connectivity index (χ4n) is 2.45. The molecule has 0 aromatic heterocycles. The lowest BCUT2D eigenvalue weighted by Gasteiger charge is -2.40. The summed E-state index contributed by atoms with van der Waals surface area (Å²) in [5.74, 6) is 0.486. The minimum Gasteiger partial charge on any atom is -0.508 e. The lowest BCUT2D eigenvalue weighted by molar-refractivity contribution is -0.122. The lowest BCUT2D eigenvalue weighted by Crippen LogP contribution is -2.39. The number of benzene rings is 1.